The van der Waals surface area contributed by atoms with E-state index in [1.54, 1.807) is 26.2 Å². The van der Waals surface area contributed by atoms with Gasteiger partial charge in [0.15, 0.2) is 0 Å². The Balaban J connectivity index is 3.15. The van der Waals surface area contributed by atoms with Crippen LogP contribution in [0, 0.1) is 0 Å². The van der Waals surface area contributed by atoms with Gasteiger partial charge in [-0.15, -0.1) is 0 Å². The van der Waals surface area contributed by atoms with Gasteiger partial charge in [-0.2, -0.15) is 0 Å². The fourth-order valence-corrected chi connectivity index (χ4v) is 1.45. The number of carbonyl (C=O) groups is 1. The number of carboxylic acid groups (broad SMARTS) is 1. The first-order chi connectivity index (χ1) is 7.16. The molecule has 0 saturated carbocycles. The smallest absolute Gasteiger partial charge is 0.336 e. The van der Waals surface area contributed by atoms with Gasteiger partial charge in [-0.3, -0.25) is 0 Å². The number of methoxy groups -OCH3 is 1. The van der Waals surface area contributed by atoms with Crippen LogP contribution in [0.5, 0.6) is 0 Å². The number of benzene rings is 1. The summed E-state index contributed by atoms with van der Waals surface area (Å²) in [5.41, 5.74) is 1.74. The van der Waals surface area contributed by atoms with E-state index in [2.05, 4.69) is 0 Å². The van der Waals surface area contributed by atoms with Gasteiger partial charge in [0.05, 0.1) is 12.2 Å². The third-order valence-corrected chi connectivity index (χ3v) is 2.06. The first-order valence-electron chi connectivity index (χ1n) is 4.64. The molecule has 0 amide bonds. The molecule has 0 aromatic heterocycles. The van der Waals surface area contributed by atoms with E-state index in [-0.39, 0.29) is 0 Å². The summed E-state index contributed by atoms with van der Waals surface area (Å²) in [6.45, 7) is 2.09. The number of carboxylic acids is 1. The van der Waals surface area contributed by atoms with Crippen LogP contribution in [-0.2, 0) is 9.53 Å². The van der Waals surface area contributed by atoms with Gasteiger partial charge in [-0.1, -0.05) is 30.3 Å². The van der Waals surface area contributed by atoms with Gasteiger partial charge in [0.25, 0.3) is 0 Å². The highest BCUT2D eigenvalue weighted by molar-refractivity contribution is 6.16. The van der Waals surface area contributed by atoms with Crippen molar-refractivity contribution in [3.05, 3.63) is 41.5 Å². The second-order valence-electron chi connectivity index (χ2n) is 3.26. The summed E-state index contributed by atoms with van der Waals surface area (Å²) in [7, 11) is 1.55. The molecule has 0 saturated heterocycles. The van der Waals surface area contributed by atoms with Crippen molar-refractivity contribution >= 4 is 11.5 Å². The molecule has 0 spiro atoms. The molecule has 0 fully saturated rings. The van der Waals surface area contributed by atoms with Crippen molar-refractivity contribution in [3.63, 3.8) is 0 Å². The number of ether oxygens (including phenoxy) is 1. The minimum atomic E-state index is -0.921. The molecule has 1 aromatic carbocycles. The number of rotatable bonds is 4. The van der Waals surface area contributed by atoms with Gasteiger partial charge < -0.3 is 9.84 Å². The second kappa shape index (κ2) is 5.32. The molecule has 0 radical (unpaired) electrons. The summed E-state index contributed by atoms with van der Waals surface area (Å²) >= 11 is 0. The molecular weight excluding hydrogens is 192 g/mol. The molecule has 0 aliphatic heterocycles. The van der Waals surface area contributed by atoms with Gasteiger partial charge in [0, 0.05) is 7.11 Å². The van der Waals surface area contributed by atoms with Crippen LogP contribution >= 0.6 is 0 Å². The highest BCUT2D eigenvalue weighted by Gasteiger charge is 2.13. The minimum absolute atomic E-state index is 0.317. The molecule has 0 aliphatic carbocycles. The van der Waals surface area contributed by atoms with Gasteiger partial charge in [-0.05, 0) is 18.1 Å². The van der Waals surface area contributed by atoms with Crippen LogP contribution in [0.3, 0.4) is 0 Å². The monoisotopic (exact) mass is 206 g/mol. The molecular formula is C12H14O3. The summed E-state index contributed by atoms with van der Waals surface area (Å²) in [6.07, 6.45) is 0. The van der Waals surface area contributed by atoms with Gasteiger partial charge >= 0.3 is 5.97 Å². The lowest BCUT2D eigenvalue weighted by Gasteiger charge is -2.07. The largest absolute Gasteiger partial charge is 0.478 e. The number of hydrogen-bond acceptors (Lipinski definition) is 2. The lowest BCUT2D eigenvalue weighted by atomic mass is 10.0. The maximum atomic E-state index is 11.1. The summed E-state index contributed by atoms with van der Waals surface area (Å²) in [5.74, 6) is -0.921. The molecule has 0 aliphatic rings. The zero-order valence-corrected chi connectivity index (χ0v) is 8.86. The third-order valence-electron chi connectivity index (χ3n) is 2.06. The molecule has 0 unspecified atom stereocenters. The van der Waals surface area contributed by atoms with Crippen LogP contribution in [0.2, 0.25) is 0 Å². The Morgan fingerprint density at radius 2 is 1.93 bits per heavy atom. The topological polar surface area (TPSA) is 46.5 Å². The van der Waals surface area contributed by atoms with E-state index < -0.39 is 5.97 Å². The Bertz CT molecular complexity index is 366. The Hall–Kier alpha value is -1.61. The molecule has 0 atom stereocenters. The summed E-state index contributed by atoms with van der Waals surface area (Å²) in [5, 5.41) is 9.11. The fourth-order valence-electron chi connectivity index (χ4n) is 1.45. The van der Waals surface area contributed by atoms with Crippen molar-refractivity contribution in [1.29, 1.82) is 0 Å². The molecule has 3 nitrogen and oxygen atoms in total. The molecule has 80 valence electrons. The van der Waals surface area contributed by atoms with Crippen molar-refractivity contribution < 1.29 is 14.6 Å². The Morgan fingerprint density at radius 3 is 2.40 bits per heavy atom. The average molecular weight is 206 g/mol. The molecule has 1 aromatic rings. The number of hydrogen-bond donors (Lipinski definition) is 1. The zero-order valence-electron chi connectivity index (χ0n) is 8.86. The fraction of sp³-hybridized carbons (Fsp3) is 0.250. The lowest BCUT2D eigenvalue weighted by Crippen LogP contribution is -2.05. The van der Waals surface area contributed by atoms with Crippen LogP contribution in [0.4, 0.5) is 0 Å². The Morgan fingerprint density at radius 1 is 1.33 bits per heavy atom. The van der Waals surface area contributed by atoms with Crippen LogP contribution in [-0.4, -0.2) is 24.8 Å². The van der Waals surface area contributed by atoms with Crippen molar-refractivity contribution in [2.75, 3.05) is 13.7 Å². The highest BCUT2D eigenvalue weighted by Crippen LogP contribution is 2.18. The van der Waals surface area contributed by atoms with Crippen LogP contribution in [0.15, 0.2) is 35.9 Å². The van der Waals surface area contributed by atoms with Crippen molar-refractivity contribution in [3.8, 4) is 0 Å². The van der Waals surface area contributed by atoms with Crippen molar-refractivity contribution in [1.82, 2.24) is 0 Å². The van der Waals surface area contributed by atoms with Gasteiger partial charge in [0.2, 0.25) is 0 Å². The number of aliphatic carboxylic acids is 1. The molecule has 1 rings (SSSR count). The molecule has 0 heterocycles. The molecule has 15 heavy (non-hydrogen) atoms. The van der Waals surface area contributed by atoms with Gasteiger partial charge in [0.1, 0.15) is 0 Å². The van der Waals surface area contributed by atoms with E-state index in [4.69, 9.17) is 9.84 Å². The van der Waals surface area contributed by atoms with E-state index in [0.717, 1.165) is 5.57 Å². The minimum Gasteiger partial charge on any atom is -0.478 e. The maximum absolute atomic E-state index is 11.1. The molecule has 0 bridgehead atoms. The Labute approximate surface area is 89.0 Å². The van der Waals surface area contributed by atoms with E-state index in [9.17, 15) is 4.79 Å². The second-order valence-corrected chi connectivity index (χ2v) is 3.26. The predicted octanol–water partition coefficient (Wildman–Crippen LogP) is 2.19. The van der Waals surface area contributed by atoms with E-state index in [1.807, 2.05) is 18.2 Å². The van der Waals surface area contributed by atoms with Crippen LogP contribution < -0.4 is 0 Å². The average Bonchev–Trinajstić information content (AvgIpc) is 2.19. The highest BCUT2D eigenvalue weighted by atomic mass is 16.5. The standard InChI is InChI=1S/C12H14O3/c1-9(8-15-2)11(12(13)14)10-6-4-3-5-7-10/h3-7H,8H2,1-2H3,(H,13,14). The predicted molar refractivity (Wildman–Crippen MR) is 58.5 cm³/mol. The quantitative estimate of drug-likeness (QED) is 0.768. The maximum Gasteiger partial charge on any atom is 0.336 e. The molecule has 3 heteroatoms. The van der Waals surface area contributed by atoms with Crippen LogP contribution in [0.1, 0.15) is 12.5 Å². The summed E-state index contributed by atoms with van der Waals surface area (Å²) in [4.78, 5) is 11.1. The Kier molecular flexibility index (Phi) is 4.06. The summed E-state index contributed by atoms with van der Waals surface area (Å²) < 4.78 is 4.94. The zero-order chi connectivity index (χ0) is 11.3. The van der Waals surface area contributed by atoms with Crippen molar-refractivity contribution in [2.24, 2.45) is 0 Å². The van der Waals surface area contributed by atoms with Crippen LogP contribution in [0.25, 0.3) is 5.57 Å². The normalized spacial score (nSPS) is 12.1. The van der Waals surface area contributed by atoms with Gasteiger partial charge in [-0.25, -0.2) is 4.79 Å². The van der Waals surface area contributed by atoms with E-state index >= 15 is 0 Å². The first-order valence-corrected chi connectivity index (χ1v) is 4.64. The first kappa shape index (κ1) is 11.5. The summed E-state index contributed by atoms with van der Waals surface area (Å²) in [6, 6.07) is 9.05. The SMILES string of the molecule is COCC(C)=C(C(=O)O)c1ccccc1. The third kappa shape index (κ3) is 2.92. The molecule has 1 N–H and O–H groups in total. The lowest BCUT2D eigenvalue weighted by molar-refractivity contribution is -0.130. The van der Waals surface area contributed by atoms with E-state index in [0.29, 0.717) is 17.7 Å². The van der Waals surface area contributed by atoms with Crippen molar-refractivity contribution in [2.45, 2.75) is 6.92 Å². The van der Waals surface area contributed by atoms with E-state index in [1.165, 1.54) is 0 Å².